The number of aromatic nitrogens is 2. The van der Waals surface area contributed by atoms with E-state index in [4.69, 9.17) is 15.1 Å². The normalized spacial score (nSPS) is 15.3. The molecule has 40 heavy (non-hydrogen) atoms. The number of para-hydroxylation sites is 3. The molecule has 196 valence electrons. The topological polar surface area (TPSA) is 86.9 Å². The molecule has 0 fully saturated rings. The summed E-state index contributed by atoms with van der Waals surface area (Å²) >= 11 is 1.72. The van der Waals surface area contributed by atoms with Crippen LogP contribution in [0.1, 0.15) is 29.1 Å². The van der Waals surface area contributed by atoms with Crippen molar-refractivity contribution in [2.24, 2.45) is 9.98 Å². The van der Waals surface area contributed by atoms with Crippen LogP contribution in [0.4, 0.5) is 28.6 Å². The lowest BCUT2D eigenvalue weighted by Gasteiger charge is -2.40. The highest BCUT2D eigenvalue weighted by atomic mass is 32.1. The maximum absolute atomic E-state index is 11.5. The number of carbonyl (C=O) groups excluding carboxylic acids is 1. The van der Waals surface area contributed by atoms with Crippen LogP contribution in [-0.4, -0.2) is 27.4 Å². The lowest BCUT2D eigenvalue weighted by molar-refractivity contribution is -0.114. The van der Waals surface area contributed by atoms with Gasteiger partial charge in [0.05, 0.1) is 22.8 Å². The molecule has 1 amide bonds. The van der Waals surface area contributed by atoms with Crippen molar-refractivity contribution in [2.75, 3.05) is 15.5 Å². The molecular formula is C31H25N7OS. The quantitative estimate of drug-likeness (QED) is 0.256. The van der Waals surface area contributed by atoms with Crippen molar-refractivity contribution < 1.29 is 4.79 Å². The molecule has 4 heterocycles. The molecule has 3 aromatic carbocycles. The summed E-state index contributed by atoms with van der Waals surface area (Å²) in [5.41, 5.74) is 6.37. The van der Waals surface area contributed by atoms with Gasteiger partial charge in [0.15, 0.2) is 17.5 Å². The van der Waals surface area contributed by atoms with E-state index in [2.05, 4.69) is 46.0 Å². The SMILES string of the molecule is CC(=O)Nc1ccc(NC2=Nc3ccccc3N3C2=Nc2c(c(C)nn2-c2ccccc2)[C@H]3c2cccs2)cc1. The molecule has 0 unspecified atom stereocenters. The van der Waals surface area contributed by atoms with E-state index in [-0.39, 0.29) is 11.9 Å². The Morgan fingerprint density at radius 2 is 1.62 bits per heavy atom. The predicted octanol–water partition coefficient (Wildman–Crippen LogP) is 7.00. The monoisotopic (exact) mass is 543 g/mol. The van der Waals surface area contributed by atoms with Crippen LogP contribution in [0.15, 0.2) is 106 Å². The van der Waals surface area contributed by atoms with Gasteiger partial charge in [-0.05, 0) is 66.9 Å². The summed E-state index contributed by atoms with van der Waals surface area (Å²) in [5, 5.41) is 13.4. The first kappa shape index (κ1) is 24.1. The van der Waals surface area contributed by atoms with E-state index in [0.717, 1.165) is 45.5 Å². The van der Waals surface area contributed by atoms with Gasteiger partial charge in [0.25, 0.3) is 0 Å². The smallest absolute Gasteiger partial charge is 0.221 e. The molecular weight excluding hydrogens is 518 g/mol. The molecule has 0 aliphatic carbocycles. The van der Waals surface area contributed by atoms with Crippen molar-refractivity contribution in [1.82, 2.24) is 9.78 Å². The molecule has 0 saturated heterocycles. The number of nitrogens with one attached hydrogen (secondary N) is 2. The summed E-state index contributed by atoms with van der Waals surface area (Å²) in [7, 11) is 0. The third-order valence-electron chi connectivity index (χ3n) is 6.92. The standard InChI is InChI=1S/C31H25N7OS/c1-19-27-28(26-13-8-18-40-26)37-25-12-7-6-11-24(25)34-29(33-22-16-14-21(15-17-22)32-20(2)39)31(37)35-30(27)38(36-19)23-9-4-3-5-10-23/h3-18,28H,1-2H3,(H,32,39)(H,33,34)/t28-/m1/s1. The first-order valence-corrected chi connectivity index (χ1v) is 13.8. The van der Waals surface area contributed by atoms with Gasteiger partial charge in [-0.25, -0.2) is 14.7 Å². The fourth-order valence-corrected chi connectivity index (χ4v) is 6.06. The number of anilines is 3. The molecule has 8 nitrogen and oxygen atoms in total. The van der Waals surface area contributed by atoms with Crippen LogP contribution in [0, 0.1) is 6.92 Å². The summed E-state index contributed by atoms with van der Waals surface area (Å²) in [4.78, 5) is 25.2. The maximum atomic E-state index is 11.5. The zero-order chi connectivity index (χ0) is 27.2. The van der Waals surface area contributed by atoms with Crippen LogP contribution in [0.5, 0.6) is 0 Å². The van der Waals surface area contributed by atoms with E-state index in [1.54, 1.807) is 11.3 Å². The molecule has 2 aliphatic heterocycles. The van der Waals surface area contributed by atoms with Crippen LogP contribution in [-0.2, 0) is 4.79 Å². The fraction of sp³-hybridized carbons (Fsp3) is 0.0968. The average molecular weight is 544 g/mol. The van der Waals surface area contributed by atoms with Gasteiger partial charge in [0.2, 0.25) is 5.91 Å². The number of hydrogen-bond acceptors (Lipinski definition) is 7. The van der Waals surface area contributed by atoms with Crippen LogP contribution in [0.2, 0.25) is 0 Å². The van der Waals surface area contributed by atoms with Gasteiger partial charge in [-0.15, -0.1) is 11.3 Å². The number of nitrogens with zero attached hydrogens (tertiary/aromatic N) is 5. The fourth-order valence-electron chi connectivity index (χ4n) is 5.24. The molecule has 2 aromatic heterocycles. The van der Waals surface area contributed by atoms with Crippen molar-refractivity contribution in [3.05, 3.63) is 113 Å². The number of rotatable bonds is 4. The van der Waals surface area contributed by atoms with E-state index in [0.29, 0.717) is 11.7 Å². The van der Waals surface area contributed by atoms with Crippen molar-refractivity contribution >= 4 is 57.5 Å². The number of fused-ring (bicyclic) bond motifs is 4. The van der Waals surface area contributed by atoms with Crippen molar-refractivity contribution in [3.8, 4) is 5.69 Å². The van der Waals surface area contributed by atoms with E-state index in [1.165, 1.54) is 11.8 Å². The van der Waals surface area contributed by atoms with E-state index in [1.807, 2.05) is 77.5 Å². The second-order valence-electron chi connectivity index (χ2n) is 9.63. The van der Waals surface area contributed by atoms with Gasteiger partial charge < -0.3 is 15.5 Å². The molecule has 0 spiro atoms. The molecule has 0 saturated carbocycles. The average Bonchev–Trinajstić information content (AvgIpc) is 3.62. The highest BCUT2D eigenvalue weighted by Crippen LogP contribution is 2.49. The number of amidine groups is 2. The Balaban J connectivity index is 1.42. The van der Waals surface area contributed by atoms with Gasteiger partial charge in [-0.3, -0.25) is 4.79 Å². The Bertz CT molecular complexity index is 1790. The van der Waals surface area contributed by atoms with Gasteiger partial charge in [-0.2, -0.15) is 5.10 Å². The van der Waals surface area contributed by atoms with E-state index < -0.39 is 0 Å². The number of amides is 1. The maximum Gasteiger partial charge on any atom is 0.221 e. The number of thiophene rings is 1. The molecule has 1 atom stereocenters. The summed E-state index contributed by atoms with van der Waals surface area (Å²) in [5.74, 6) is 2.04. The summed E-state index contributed by atoms with van der Waals surface area (Å²) < 4.78 is 1.93. The highest BCUT2D eigenvalue weighted by Gasteiger charge is 2.41. The Hall–Kier alpha value is -5.02. The number of hydrogen-bond donors (Lipinski definition) is 2. The zero-order valence-electron chi connectivity index (χ0n) is 21.9. The van der Waals surface area contributed by atoms with Crippen LogP contribution >= 0.6 is 11.3 Å². The van der Waals surface area contributed by atoms with Crippen LogP contribution in [0.25, 0.3) is 5.69 Å². The third-order valence-corrected chi connectivity index (χ3v) is 7.84. The van der Waals surface area contributed by atoms with Crippen LogP contribution in [0.3, 0.4) is 0 Å². The number of benzene rings is 3. The largest absolute Gasteiger partial charge is 0.337 e. The minimum Gasteiger partial charge on any atom is -0.337 e. The van der Waals surface area contributed by atoms with Crippen LogP contribution < -0.4 is 15.5 Å². The number of aryl methyl sites for hydroxylation is 1. The predicted molar refractivity (Wildman–Crippen MR) is 162 cm³/mol. The minimum absolute atomic E-state index is 0.109. The van der Waals surface area contributed by atoms with Gasteiger partial charge in [-0.1, -0.05) is 36.4 Å². The van der Waals surface area contributed by atoms with Crippen molar-refractivity contribution in [2.45, 2.75) is 19.9 Å². The second kappa shape index (κ2) is 9.62. The lowest BCUT2D eigenvalue weighted by atomic mass is 9.98. The molecule has 9 heteroatoms. The lowest BCUT2D eigenvalue weighted by Crippen LogP contribution is -2.46. The molecule has 0 bridgehead atoms. The third kappa shape index (κ3) is 4.07. The molecule has 5 aromatic rings. The Labute approximate surface area is 235 Å². The molecule has 7 rings (SSSR count). The zero-order valence-corrected chi connectivity index (χ0v) is 22.7. The van der Waals surface area contributed by atoms with E-state index >= 15 is 0 Å². The second-order valence-corrected chi connectivity index (χ2v) is 10.6. The first-order valence-electron chi connectivity index (χ1n) is 13.0. The first-order chi connectivity index (χ1) is 19.6. The summed E-state index contributed by atoms with van der Waals surface area (Å²) in [6.07, 6.45) is 0. The Morgan fingerprint density at radius 1 is 0.875 bits per heavy atom. The highest BCUT2D eigenvalue weighted by molar-refractivity contribution is 7.10. The summed E-state index contributed by atoms with van der Waals surface area (Å²) in [6.45, 7) is 3.55. The molecule has 2 N–H and O–H groups in total. The van der Waals surface area contributed by atoms with Gasteiger partial charge in [0.1, 0.15) is 6.04 Å². The summed E-state index contributed by atoms with van der Waals surface area (Å²) in [6, 6.07) is 29.9. The van der Waals surface area contributed by atoms with Crippen molar-refractivity contribution in [1.29, 1.82) is 0 Å². The van der Waals surface area contributed by atoms with Crippen molar-refractivity contribution in [3.63, 3.8) is 0 Å². The Morgan fingerprint density at radius 3 is 2.38 bits per heavy atom. The molecule has 2 aliphatic rings. The Kier molecular flexibility index (Phi) is 5.78. The van der Waals surface area contributed by atoms with Gasteiger partial charge in [0, 0.05) is 28.7 Å². The minimum atomic E-state index is -0.129. The number of aliphatic imine (C=N–C) groups is 2. The molecule has 0 radical (unpaired) electrons. The number of carbonyl (C=O) groups is 1. The van der Waals surface area contributed by atoms with E-state index in [9.17, 15) is 4.79 Å². The van der Waals surface area contributed by atoms with Gasteiger partial charge >= 0.3 is 0 Å².